The van der Waals surface area contributed by atoms with E-state index in [1.807, 2.05) is 4.90 Å². The number of carbonyl (C=O) groups excluding carboxylic acids is 1. The fourth-order valence-corrected chi connectivity index (χ4v) is 5.96. The van der Waals surface area contributed by atoms with Gasteiger partial charge in [0, 0.05) is 37.3 Å². The highest BCUT2D eigenvalue weighted by Gasteiger charge is 2.58. The highest BCUT2D eigenvalue weighted by molar-refractivity contribution is 5.47. The molecule has 4 bridgehead atoms. The van der Waals surface area contributed by atoms with Crippen molar-refractivity contribution in [1.29, 1.82) is 0 Å². The number of nitrogens with zero attached hydrogens (tertiary/aromatic N) is 2. The molecule has 4 aliphatic carbocycles. The second-order valence-electron chi connectivity index (χ2n) is 7.68. The van der Waals surface area contributed by atoms with E-state index in [4.69, 9.17) is 5.73 Å². The Morgan fingerprint density at radius 2 is 1.63 bits per heavy atom. The molecule has 106 valence electrons. The van der Waals surface area contributed by atoms with Crippen LogP contribution >= 0.6 is 0 Å². The Hall–Kier alpha value is -0.610. The monoisotopic (exact) mass is 263 g/mol. The Kier molecular flexibility index (Phi) is 2.53. The first-order valence-corrected chi connectivity index (χ1v) is 7.84. The normalized spacial score (nSPS) is 49.6. The summed E-state index contributed by atoms with van der Waals surface area (Å²) in [6, 6.07) is 0. The van der Waals surface area contributed by atoms with Gasteiger partial charge >= 0.3 is 0 Å². The largest absolute Gasteiger partial charge is 0.343 e. The Bertz CT molecular complexity index is 375. The van der Waals surface area contributed by atoms with Gasteiger partial charge in [-0.3, -0.25) is 9.69 Å². The molecule has 4 saturated carbocycles. The van der Waals surface area contributed by atoms with Gasteiger partial charge in [-0.15, -0.1) is 0 Å². The second kappa shape index (κ2) is 3.95. The Morgan fingerprint density at radius 1 is 1.00 bits per heavy atom. The molecule has 2 N–H and O–H groups in total. The fraction of sp³-hybridized carbons (Fsp3) is 0.933. The fourth-order valence-electron chi connectivity index (χ4n) is 5.96. The zero-order valence-corrected chi connectivity index (χ0v) is 11.7. The Morgan fingerprint density at radius 3 is 2.16 bits per heavy atom. The van der Waals surface area contributed by atoms with E-state index in [-0.39, 0.29) is 5.54 Å². The van der Waals surface area contributed by atoms with Crippen LogP contribution < -0.4 is 5.73 Å². The molecule has 1 saturated heterocycles. The van der Waals surface area contributed by atoms with Crippen LogP contribution in [0.2, 0.25) is 0 Å². The summed E-state index contributed by atoms with van der Waals surface area (Å²) < 4.78 is 0. The van der Waals surface area contributed by atoms with Crippen LogP contribution in [0.25, 0.3) is 0 Å². The van der Waals surface area contributed by atoms with Gasteiger partial charge in [-0.2, -0.15) is 0 Å². The summed E-state index contributed by atoms with van der Waals surface area (Å²) in [5.74, 6) is 1.74. The maximum atomic E-state index is 10.9. The number of hydrogen-bond donors (Lipinski definition) is 1. The van der Waals surface area contributed by atoms with Gasteiger partial charge in [-0.1, -0.05) is 0 Å². The smallest absolute Gasteiger partial charge is 0.209 e. The molecule has 0 radical (unpaired) electrons. The van der Waals surface area contributed by atoms with Gasteiger partial charge in [0.15, 0.2) is 0 Å². The molecule has 2 atom stereocenters. The van der Waals surface area contributed by atoms with Crippen molar-refractivity contribution < 1.29 is 4.79 Å². The summed E-state index contributed by atoms with van der Waals surface area (Å²) in [7, 11) is 0. The highest BCUT2D eigenvalue weighted by atomic mass is 16.1. The summed E-state index contributed by atoms with van der Waals surface area (Å²) >= 11 is 0. The van der Waals surface area contributed by atoms with Gasteiger partial charge in [-0.25, -0.2) is 0 Å². The van der Waals surface area contributed by atoms with E-state index >= 15 is 0 Å². The van der Waals surface area contributed by atoms with Gasteiger partial charge in [0.25, 0.3) is 0 Å². The summed E-state index contributed by atoms with van der Waals surface area (Å²) in [6.07, 6.45) is 8.89. The molecule has 0 aromatic carbocycles. The summed E-state index contributed by atoms with van der Waals surface area (Å²) in [5, 5.41) is 0. The summed E-state index contributed by atoms with van der Waals surface area (Å²) in [5.41, 5.74) is 7.19. The predicted octanol–water partition coefficient (Wildman–Crippen LogP) is 0.810. The quantitative estimate of drug-likeness (QED) is 0.750. The molecule has 1 heterocycles. The van der Waals surface area contributed by atoms with Crippen molar-refractivity contribution in [2.75, 3.05) is 26.2 Å². The minimum absolute atomic E-state index is 0.131. The average molecular weight is 263 g/mol. The molecule has 0 aromatic rings. The molecule has 0 aromatic heterocycles. The van der Waals surface area contributed by atoms with Crippen molar-refractivity contribution in [2.24, 2.45) is 17.6 Å². The van der Waals surface area contributed by atoms with Crippen molar-refractivity contribution in [3.05, 3.63) is 0 Å². The SMILES string of the molecule is NC12CC3CC(C1)CC(N1CCN(C=O)CC1)(C3)C2. The van der Waals surface area contributed by atoms with Crippen LogP contribution in [0, 0.1) is 11.8 Å². The van der Waals surface area contributed by atoms with Crippen LogP contribution in [-0.2, 0) is 4.79 Å². The summed E-state index contributed by atoms with van der Waals surface area (Å²) in [6.45, 7) is 3.90. The van der Waals surface area contributed by atoms with Crippen molar-refractivity contribution in [3.8, 4) is 0 Å². The molecule has 1 aliphatic heterocycles. The highest BCUT2D eigenvalue weighted by Crippen LogP contribution is 2.58. The first kappa shape index (κ1) is 12.2. The van der Waals surface area contributed by atoms with Gasteiger partial charge in [-0.05, 0) is 50.4 Å². The lowest BCUT2D eigenvalue weighted by molar-refractivity contribution is -0.128. The lowest BCUT2D eigenvalue weighted by atomic mass is 9.49. The molecule has 1 amide bonds. The first-order valence-electron chi connectivity index (χ1n) is 7.84. The Balaban J connectivity index is 1.56. The molecule has 0 spiro atoms. The van der Waals surface area contributed by atoms with Crippen molar-refractivity contribution >= 4 is 6.41 Å². The first-order chi connectivity index (χ1) is 9.11. The molecular formula is C15H25N3O. The van der Waals surface area contributed by atoms with Crippen molar-refractivity contribution in [2.45, 2.75) is 49.6 Å². The third-order valence-electron chi connectivity index (χ3n) is 6.21. The number of piperazine rings is 1. The maximum absolute atomic E-state index is 10.9. The van der Waals surface area contributed by atoms with Crippen LogP contribution in [0.5, 0.6) is 0 Å². The van der Waals surface area contributed by atoms with E-state index in [0.29, 0.717) is 5.54 Å². The molecule has 4 nitrogen and oxygen atoms in total. The van der Waals surface area contributed by atoms with E-state index in [1.165, 1.54) is 38.5 Å². The second-order valence-corrected chi connectivity index (χ2v) is 7.68. The van der Waals surface area contributed by atoms with Crippen LogP contribution in [-0.4, -0.2) is 53.5 Å². The van der Waals surface area contributed by atoms with Crippen LogP contribution in [0.1, 0.15) is 38.5 Å². The molecule has 5 aliphatic rings. The van der Waals surface area contributed by atoms with E-state index < -0.39 is 0 Å². The van der Waals surface area contributed by atoms with Crippen LogP contribution in [0.15, 0.2) is 0 Å². The number of nitrogens with two attached hydrogens (primary N) is 1. The third-order valence-corrected chi connectivity index (χ3v) is 6.21. The molecule has 4 heteroatoms. The topological polar surface area (TPSA) is 49.6 Å². The third kappa shape index (κ3) is 1.83. The molecular weight excluding hydrogens is 238 g/mol. The molecule has 5 fully saturated rings. The zero-order chi connectivity index (χ0) is 13.1. The number of hydrogen-bond acceptors (Lipinski definition) is 3. The lowest BCUT2D eigenvalue weighted by Crippen LogP contribution is -2.70. The van der Waals surface area contributed by atoms with Crippen LogP contribution in [0.4, 0.5) is 0 Å². The molecule has 5 rings (SSSR count). The van der Waals surface area contributed by atoms with E-state index in [1.54, 1.807) is 0 Å². The summed E-state index contributed by atoms with van der Waals surface area (Å²) in [4.78, 5) is 15.5. The maximum Gasteiger partial charge on any atom is 0.209 e. The molecule has 2 unspecified atom stereocenters. The zero-order valence-electron chi connectivity index (χ0n) is 11.7. The number of rotatable bonds is 2. The van der Waals surface area contributed by atoms with E-state index in [0.717, 1.165) is 44.4 Å². The van der Waals surface area contributed by atoms with Crippen molar-refractivity contribution in [1.82, 2.24) is 9.80 Å². The average Bonchev–Trinajstić information content (AvgIpc) is 2.36. The standard InChI is InChI=1S/C15H25N3O/c16-14-6-12-5-13(7-14)9-15(8-12,10-14)18-3-1-17(11-19)2-4-18/h11-13H,1-10,16H2. The van der Waals surface area contributed by atoms with Gasteiger partial charge < -0.3 is 10.6 Å². The van der Waals surface area contributed by atoms with Crippen molar-refractivity contribution in [3.63, 3.8) is 0 Å². The van der Waals surface area contributed by atoms with Crippen LogP contribution in [0.3, 0.4) is 0 Å². The number of carbonyl (C=O) groups is 1. The number of amides is 1. The minimum atomic E-state index is 0.131. The predicted molar refractivity (Wildman–Crippen MR) is 73.5 cm³/mol. The minimum Gasteiger partial charge on any atom is -0.343 e. The van der Waals surface area contributed by atoms with Gasteiger partial charge in [0.05, 0.1) is 0 Å². The lowest BCUT2D eigenvalue weighted by Gasteiger charge is -2.64. The van der Waals surface area contributed by atoms with E-state index in [2.05, 4.69) is 4.90 Å². The molecule has 19 heavy (non-hydrogen) atoms. The van der Waals surface area contributed by atoms with Gasteiger partial charge in [0.2, 0.25) is 6.41 Å². The van der Waals surface area contributed by atoms with Gasteiger partial charge in [0.1, 0.15) is 0 Å². The Labute approximate surface area is 115 Å². The van der Waals surface area contributed by atoms with E-state index in [9.17, 15) is 4.79 Å².